The predicted molar refractivity (Wildman–Crippen MR) is 73.5 cm³/mol. The fraction of sp³-hybridized carbons (Fsp3) is 0.786. The molecule has 1 heterocycles. The number of rotatable bonds is 2. The SMILES string of the molecule is CCSC1=CC(=[N+]2CCCC2)CC(C)(C)C1. The predicted octanol–water partition coefficient (Wildman–Crippen LogP) is 3.69. The summed E-state index contributed by atoms with van der Waals surface area (Å²) in [4.78, 5) is 1.60. The molecule has 1 saturated heterocycles. The van der Waals surface area contributed by atoms with Crippen LogP contribution in [0, 0.1) is 5.41 Å². The molecule has 0 aromatic heterocycles. The van der Waals surface area contributed by atoms with Gasteiger partial charge >= 0.3 is 0 Å². The number of nitrogens with zero attached hydrogens (tertiary/aromatic N) is 1. The lowest BCUT2D eigenvalue weighted by Gasteiger charge is -2.29. The quantitative estimate of drug-likeness (QED) is 0.663. The minimum absolute atomic E-state index is 0.462. The highest BCUT2D eigenvalue weighted by molar-refractivity contribution is 8.03. The Kier molecular flexibility index (Phi) is 3.78. The van der Waals surface area contributed by atoms with E-state index in [-0.39, 0.29) is 0 Å². The summed E-state index contributed by atoms with van der Waals surface area (Å²) in [5, 5.41) is 0. The molecule has 0 amide bonds. The summed E-state index contributed by atoms with van der Waals surface area (Å²) in [6.07, 6.45) is 7.77. The lowest BCUT2D eigenvalue weighted by Crippen LogP contribution is -2.28. The van der Waals surface area contributed by atoms with Gasteiger partial charge in [-0.15, -0.1) is 11.8 Å². The Morgan fingerprint density at radius 2 is 1.94 bits per heavy atom. The molecule has 2 aliphatic rings. The maximum absolute atomic E-state index is 2.61. The van der Waals surface area contributed by atoms with Gasteiger partial charge in [0.25, 0.3) is 0 Å². The minimum atomic E-state index is 0.462. The molecule has 1 aliphatic heterocycles. The zero-order chi connectivity index (χ0) is 11.6. The van der Waals surface area contributed by atoms with Gasteiger partial charge in [-0.1, -0.05) is 20.8 Å². The molecule has 90 valence electrons. The first kappa shape index (κ1) is 12.2. The van der Waals surface area contributed by atoms with Crippen molar-refractivity contribution in [3.63, 3.8) is 0 Å². The summed E-state index contributed by atoms with van der Waals surface area (Å²) in [7, 11) is 0. The van der Waals surface area contributed by atoms with Gasteiger partial charge in [-0.3, -0.25) is 0 Å². The third-order valence-electron chi connectivity index (χ3n) is 3.48. The van der Waals surface area contributed by atoms with Crippen molar-refractivity contribution in [3.8, 4) is 0 Å². The highest BCUT2D eigenvalue weighted by Crippen LogP contribution is 2.38. The first-order valence-electron chi connectivity index (χ1n) is 6.55. The van der Waals surface area contributed by atoms with Crippen LogP contribution < -0.4 is 0 Å². The van der Waals surface area contributed by atoms with E-state index in [0.29, 0.717) is 5.41 Å². The van der Waals surface area contributed by atoms with E-state index in [4.69, 9.17) is 0 Å². The average Bonchev–Trinajstić information content (AvgIpc) is 2.68. The average molecular weight is 238 g/mol. The molecule has 0 saturated carbocycles. The van der Waals surface area contributed by atoms with Gasteiger partial charge in [0.05, 0.1) is 0 Å². The largest absolute Gasteiger partial charge is 0.233 e. The second kappa shape index (κ2) is 4.95. The van der Waals surface area contributed by atoms with Crippen molar-refractivity contribution in [1.29, 1.82) is 0 Å². The Bertz CT molecular complexity index is 318. The molecule has 1 aliphatic carbocycles. The van der Waals surface area contributed by atoms with Gasteiger partial charge in [0.2, 0.25) is 0 Å². The van der Waals surface area contributed by atoms with Crippen LogP contribution in [0.2, 0.25) is 0 Å². The van der Waals surface area contributed by atoms with E-state index in [1.807, 2.05) is 11.8 Å². The first-order chi connectivity index (χ1) is 7.61. The summed E-state index contributed by atoms with van der Waals surface area (Å²) >= 11 is 2.03. The molecule has 2 heteroatoms. The molecule has 0 bridgehead atoms. The fourth-order valence-corrected chi connectivity index (χ4v) is 3.88. The van der Waals surface area contributed by atoms with E-state index < -0.39 is 0 Å². The van der Waals surface area contributed by atoms with Crippen LogP contribution >= 0.6 is 11.8 Å². The van der Waals surface area contributed by atoms with Crippen LogP contribution in [0.25, 0.3) is 0 Å². The van der Waals surface area contributed by atoms with E-state index in [1.165, 1.54) is 44.5 Å². The highest BCUT2D eigenvalue weighted by Gasteiger charge is 2.31. The Balaban J connectivity index is 2.24. The Hall–Kier alpha value is -0.240. The summed E-state index contributed by atoms with van der Waals surface area (Å²) in [5.41, 5.74) is 2.06. The van der Waals surface area contributed by atoms with Crippen molar-refractivity contribution in [2.75, 3.05) is 18.8 Å². The number of allylic oxidation sites excluding steroid dienone is 2. The molecular formula is C14H24NS+. The maximum atomic E-state index is 2.61. The van der Waals surface area contributed by atoms with Gasteiger partial charge in [-0.25, -0.2) is 4.58 Å². The molecule has 16 heavy (non-hydrogen) atoms. The molecule has 0 aromatic rings. The van der Waals surface area contributed by atoms with Crippen LogP contribution in [-0.4, -0.2) is 29.1 Å². The highest BCUT2D eigenvalue weighted by atomic mass is 32.2. The van der Waals surface area contributed by atoms with Crippen LogP contribution in [0.5, 0.6) is 0 Å². The lowest BCUT2D eigenvalue weighted by molar-refractivity contribution is -0.507. The molecule has 0 aromatic carbocycles. The molecule has 0 N–H and O–H groups in total. The zero-order valence-corrected chi connectivity index (χ0v) is 11.7. The minimum Gasteiger partial charge on any atom is -0.233 e. The van der Waals surface area contributed by atoms with Crippen LogP contribution in [0.3, 0.4) is 0 Å². The third-order valence-corrected chi connectivity index (χ3v) is 4.40. The van der Waals surface area contributed by atoms with Crippen LogP contribution in [0.15, 0.2) is 11.0 Å². The number of hydrogen-bond acceptors (Lipinski definition) is 1. The molecule has 0 radical (unpaired) electrons. The second-order valence-electron chi connectivity index (χ2n) is 5.75. The van der Waals surface area contributed by atoms with Crippen molar-refractivity contribution in [2.24, 2.45) is 5.41 Å². The normalized spacial score (nSPS) is 24.8. The van der Waals surface area contributed by atoms with Gasteiger partial charge in [0, 0.05) is 25.3 Å². The third kappa shape index (κ3) is 2.91. The first-order valence-corrected chi connectivity index (χ1v) is 7.53. The monoisotopic (exact) mass is 238 g/mol. The van der Waals surface area contributed by atoms with E-state index in [9.17, 15) is 0 Å². The van der Waals surface area contributed by atoms with Crippen molar-refractivity contribution < 1.29 is 4.58 Å². The Labute approximate surface area is 104 Å². The van der Waals surface area contributed by atoms with Crippen LogP contribution in [0.1, 0.15) is 46.5 Å². The maximum Gasteiger partial charge on any atom is 0.177 e. The van der Waals surface area contributed by atoms with E-state index in [2.05, 4.69) is 31.4 Å². The lowest BCUT2D eigenvalue weighted by atomic mass is 9.80. The van der Waals surface area contributed by atoms with Gasteiger partial charge in [-0.05, 0) is 22.5 Å². The van der Waals surface area contributed by atoms with Gasteiger partial charge in [0.15, 0.2) is 5.71 Å². The standard InChI is InChI=1S/C14H24NS/c1-4-16-13-9-12(10-14(2,3)11-13)15-7-5-6-8-15/h9H,4-8,10-11H2,1-3H3/q+1. The molecule has 1 nitrogen and oxygen atoms in total. The van der Waals surface area contributed by atoms with E-state index in [0.717, 1.165) is 0 Å². The number of hydrogen-bond donors (Lipinski definition) is 0. The van der Waals surface area contributed by atoms with E-state index in [1.54, 1.807) is 10.6 Å². The summed E-state index contributed by atoms with van der Waals surface area (Å²) in [6, 6.07) is 0. The van der Waals surface area contributed by atoms with Gasteiger partial charge < -0.3 is 0 Å². The van der Waals surface area contributed by atoms with Crippen molar-refractivity contribution in [1.82, 2.24) is 0 Å². The smallest absolute Gasteiger partial charge is 0.177 e. The summed E-state index contributed by atoms with van der Waals surface area (Å²) < 4.78 is 2.61. The van der Waals surface area contributed by atoms with Crippen molar-refractivity contribution in [3.05, 3.63) is 11.0 Å². The van der Waals surface area contributed by atoms with Gasteiger partial charge in [-0.2, -0.15) is 0 Å². The topological polar surface area (TPSA) is 3.01 Å². The zero-order valence-electron chi connectivity index (χ0n) is 10.9. The van der Waals surface area contributed by atoms with Crippen LogP contribution in [0.4, 0.5) is 0 Å². The van der Waals surface area contributed by atoms with Crippen molar-refractivity contribution in [2.45, 2.75) is 46.5 Å². The molecule has 2 rings (SSSR count). The van der Waals surface area contributed by atoms with Gasteiger partial charge in [0.1, 0.15) is 13.1 Å². The summed E-state index contributed by atoms with van der Waals surface area (Å²) in [5.74, 6) is 1.20. The molecule has 0 spiro atoms. The number of thioether (sulfide) groups is 1. The van der Waals surface area contributed by atoms with E-state index >= 15 is 0 Å². The molecule has 1 fully saturated rings. The molecule has 0 unspecified atom stereocenters. The van der Waals surface area contributed by atoms with Crippen molar-refractivity contribution >= 4 is 17.5 Å². The molecule has 0 atom stereocenters. The second-order valence-corrected chi connectivity index (χ2v) is 7.14. The Morgan fingerprint density at radius 3 is 2.56 bits per heavy atom. The summed E-state index contributed by atoms with van der Waals surface area (Å²) in [6.45, 7) is 9.64. The Morgan fingerprint density at radius 1 is 1.25 bits per heavy atom. The molecular weight excluding hydrogens is 214 g/mol. The fourth-order valence-electron chi connectivity index (χ4n) is 2.80. The van der Waals surface area contributed by atoms with Crippen LogP contribution in [-0.2, 0) is 0 Å².